The molecule has 0 bridgehead atoms. The van der Waals surface area contributed by atoms with E-state index in [0.717, 1.165) is 10.3 Å². The van der Waals surface area contributed by atoms with Crippen molar-refractivity contribution in [2.75, 3.05) is 11.5 Å². The second kappa shape index (κ2) is 9.67. The van der Waals surface area contributed by atoms with Gasteiger partial charge in [-0.1, -0.05) is 59.9 Å². The number of benzene rings is 3. The van der Waals surface area contributed by atoms with E-state index in [1.54, 1.807) is 30.3 Å². The predicted molar refractivity (Wildman–Crippen MR) is 139 cm³/mol. The molecule has 3 aromatic carbocycles. The largest absolute Gasteiger partial charge is 0.508 e. The molecule has 8 heteroatoms. The van der Waals surface area contributed by atoms with E-state index >= 15 is 0 Å². The molecule has 1 unspecified atom stereocenters. The highest BCUT2D eigenvalue weighted by molar-refractivity contribution is 7.22. The summed E-state index contributed by atoms with van der Waals surface area (Å²) in [6.45, 7) is 2.41. The number of amides is 1. The van der Waals surface area contributed by atoms with E-state index in [-0.39, 0.29) is 11.3 Å². The quantitative estimate of drug-likeness (QED) is 0.323. The van der Waals surface area contributed by atoms with E-state index in [0.29, 0.717) is 28.6 Å². The molecule has 2 heterocycles. The summed E-state index contributed by atoms with van der Waals surface area (Å²) in [5.41, 5.74) is 1.85. The monoisotopic (exact) mass is 498 g/mol. The molecule has 36 heavy (non-hydrogen) atoms. The van der Waals surface area contributed by atoms with Crippen LogP contribution in [0, 0.1) is 0 Å². The number of phenols is 1. The molecule has 0 spiro atoms. The Kier molecular flexibility index (Phi) is 6.26. The first-order valence-corrected chi connectivity index (χ1v) is 12.1. The lowest BCUT2D eigenvalue weighted by Gasteiger charge is -2.24. The van der Waals surface area contributed by atoms with Crippen LogP contribution in [0.3, 0.4) is 0 Å². The third-order valence-corrected chi connectivity index (χ3v) is 6.77. The first-order chi connectivity index (χ1) is 17.5. The van der Waals surface area contributed by atoms with Crippen LogP contribution in [0.4, 0.5) is 5.13 Å². The molecule has 5 rings (SSSR count). The highest BCUT2D eigenvalue weighted by Gasteiger charge is 2.45. The SMILES string of the molecule is CCOc1ccc2nc(N3C(=O)C(O)=C(C(=O)C=Cc4ccccc4)C3c3cccc(O)c3)sc2c1. The molecule has 0 aliphatic carbocycles. The molecule has 1 amide bonds. The van der Waals surface area contributed by atoms with Crippen molar-refractivity contribution in [1.82, 2.24) is 4.98 Å². The van der Waals surface area contributed by atoms with Crippen molar-refractivity contribution in [3.05, 3.63) is 101 Å². The summed E-state index contributed by atoms with van der Waals surface area (Å²) in [4.78, 5) is 32.6. The molecule has 7 nitrogen and oxygen atoms in total. The van der Waals surface area contributed by atoms with E-state index in [1.807, 2.05) is 43.3 Å². The summed E-state index contributed by atoms with van der Waals surface area (Å²) in [6, 6.07) is 20.0. The van der Waals surface area contributed by atoms with Crippen LogP contribution >= 0.6 is 11.3 Å². The molecule has 1 atom stereocenters. The lowest BCUT2D eigenvalue weighted by molar-refractivity contribution is -0.117. The number of phenolic OH excluding ortho intramolecular Hbond substituents is 1. The number of nitrogens with zero attached hydrogens (tertiary/aromatic N) is 2. The molecule has 0 saturated heterocycles. The molecule has 4 aromatic rings. The van der Waals surface area contributed by atoms with Crippen LogP contribution in [0.5, 0.6) is 11.5 Å². The van der Waals surface area contributed by atoms with Gasteiger partial charge in [0.1, 0.15) is 11.5 Å². The average molecular weight is 499 g/mol. The smallest absolute Gasteiger partial charge is 0.296 e. The van der Waals surface area contributed by atoms with Crippen molar-refractivity contribution in [2.45, 2.75) is 13.0 Å². The Bertz CT molecular complexity index is 1520. The van der Waals surface area contributed by atoms with Crippen molar-refractivity contribution in [3.8, 4) is 11.5 Å². The van der Waals surface area contributed by atoms with E-state index in [4.69, 9.17) is 4.74 Å². The summed E-state index contributed by atoms with van der Waals surface area (Å²) in [5, 5.41) is 21.3. The van der Waals surface area contributed by atoms with Gasteiger partial charge in [0.15, 0.2) is 16.7 Å². The minimum absolute atomic E-state index is 0.0245. The average Bonchev–Trinajstić information content (AvgIpc) is 3.41. The fraction of sp³-hybridized carbons (Fsp3) is 0.107. The maximum atomic E-state index is 13.3. The minimum atomic E-state index is -0.968. The van der Waals surface area contributed by atoms with E-state index in [2.05, 4.69) is 4.98 Å². The molecule has 0 fully saturated rings. The van der Waals surface area contributed by atoms with E-state index < -0.39 is 23.5 Å². The summed E-state index contributed by atoms with van der Waals surface area (Å²) in [6.07, 6.45) is 2.96. The molecule has 0 saturated carbocycles. The number of hydrogen-bond donors (Lipinski definition) is 2. The van der Waals surface area contributed by atoms with E-state index in [1.165, 1.54) is 34.4 Å². The van der Waals surface area contributed by atoms with Crippen LogP contribution < -0.4 is 9.64 Å². The van der Waals surface area contributed by atoms with Gasteiger partial charge in [-0.15, -0.1) is 0 Å². The maximum absolute atomic E-state index is 13.3. The second-order valence-corrected chi connectivity index (χ2v) is 9.11. The number of aliphatic hydroxyl groups excluding tert-OH is 1. The van der Waals surface area contributed by atoms with Gasteiger partial charge in [0, 0.05) is 0 Å². The number of aromatic hydroxyl groups is 1. The van der Waals surface area contributed by atoms with Crippen LogP contribution in [0.2, 0.25) is 0 Å². The van der Waals surface area contributed by atoms with E-state index in [9.17, 15) is 19.8 Å². The number of fused-ring (bicyclic) bond motifs is 1. The van der Waals surface area contributed by atoms with Gasteiger partial charge in [-0.3, -0.25) is 14.5 Å². The van der Waals surface area contributed by atoms with Gasteiger partial charge in [-0.2, -0.15) is 0 Å². The van der Waals surface area contributed by atoms with Gasteiger partial charge < -0.3 is 14.9 Å². The Morgan fingerprint density at radius 3 is 2.64 bits per heavy atom. The highest BCUT2D eigenvalue weighted by Crippen LogP contribution is 2.44. The van der Waals surface area contributed by atoms with Crippen molar-refractivity contribution in [3.63, 3.8) is 0 Å². The summed E-state index contributed by atoms with van der Waals surface area (Å²) in [7, 11) is 0. The van der Waals surface area contributed by atoms with Gasteiger partial charge >= 0.3 is 0 Å². The van der Waals surface area contributed by atoms with Crippen LogP contribution in [-0.2, 0) is 9.59 Å². The Labute approximate surface area is 211 Å². The van der Waals surface area contributed by atoms with Crippen molar-refractivity contribution in [2.24, 2.45) is 0 Å². The molecule has 2 N–H and O–H groups in total. The Morgan fingerprint density at radius 2 is 1.89 bits per heavy atom. The zero-order valence-electron chi connectivity index (χ0n) is 19.3. The Balaban J connectivity index is 1.59. The molecule has 1 aromatic heterocycles. The Morgan fingerprint density at radius 1 is 1.08 bits per heavy atom. The van der Waals surface area contributed by atoms with Gasteiger partial charge in [-0.25, -0.2) is 4.98 Å². The number of anilines is 1. The van der Waals surface area contributed by atoms with Crippen molar-refractivity contribution >= 4 is 44.5 Å². The highest BCUT2D eigenvalue weighted by atomic mass is 32.1. The normalized spacial score (nSPS) is 15.9. The van der Waals surface area contributed by atoms with Crippen molar-refractivity contribution in [1.29, 1.82) is 0 Å². The molecule has 0 radical (unpaired) electrons. The summed E-state index contributed by atoms with van der Waals surface area (Å²) < 4.78 is 6.37. The fourth-order valence-electron chi connectivity index (χ4n) is 4.14. The number of carbonyl (C=O) groups is 2. The first-order valence-electron chi connectivity index (χ1n) is 11.3. The zero-order valence-corrected chi connectivity index (χ0v) is 20.1. The van der Waals surface area contributed by atoms with Gasteiger partial charge in [0.05, 0.1) is 28.4 Å². The van der Waals surface area contributed by atoms with Crippen molar-refractivity contribution < 1.29 is 24.5 Å². The number of aromatic nitrogens is 1. The summed E-state index contributed by atoms with van der Waals surface area (Å²) in [5.74, 6) is -1.23. The minimum Gasteiger partial charge on any atom is -0.508 e. The molecular weight excluding hydrogens is 476 g/mol. The maximum Gasteiger partial charge on any atom is 0.296 e. The Hall–Kier alpha value is -4.43. The van der Waals surface area contributed by atoms with Crippen LogP contribution in [-0.4, -0.2) is 33.5 Å². The number of aliphatic hydroxyl groups is 1. The number of hydrogen-bond acceptors (Lipinski definition) is 7. The number of carbonyl (C=O) groups excluding carboxylic acids is 2. The fourth-order valence-corrected chi connectivity index (χ4v) is 5.16. The second-order valence-electron chi connectivity index (χ2n) is 8.10. The molecule has 180 valence electrons. The number of rotatable bonds is 7. The standard InChI is InChI=1S/C28H22N2O5S/c1-2-35-20-12-13-21-23(16-20)36-28(29-21)30-25(18-9-6-10-19(31)15-18)24(26(33)27(30)34)22(32)14-11-17-7-4-3-5-8-17/h3-16,25,31,33H,2H2,1H3. The molecular formula is C28H22N2O5S. The van der Waals surface area contributed by atoms with Gasteiger partial charge in [-0.05, 0) is 54.5 Å². The first kappa shape index (κ1) is 23.3. The predicted octanol–water partition coefficient (Wildman–Crippen LogP) is 5.58. The molecule has 1 aliphatic heterocycles. The lowest BCUT2D eigenvalue weighted by Crippen LogP contribution is -2.30. The third kappa shape index (κ3) is 4.34. The van der Waals surface area contributed by atoms with Gasteiger partial charge in [0.2, 0.25) is 0 Å². The number of ether oxygens (including phenoxy) is 1. The number of ketones is 1. The van der Waals surface area contributed by atoms with Crippen LogP contribution in [0.25, 0.3) is 16.3 Å². The molecule has 1 aliphatic rings. The van der Waals surface area contributed by atoms with Gasteiger partial charge in [0.25, 0.3) is 5.91 Å². The third-order valence-electron chi connectivity index (χ3n) is 5.75. The topological polar surface area (TPSA) is 100.0 Å². The lowest BCUT2D eigenvalue weighted by atomic mass is 9.95. The zero-order chi connectivity index (χ0) is 25.2. The number of thiazole rings is 1. The summed E-state index contributed by atoms with van der Waals surface area (Å²) >= 11 is 1.25. The number of allylic oxidation sites excluding steroid dienone is 1. The van der Waals surface area contributed by atoms with Crippen LogP contribution in [0.1, 0.15) is 24.1 Å². The van der Waals surface area contributed by atoms with Crippen LogP contribution in [0.15, 0.2) is 90.2 Å².